The van der Waals surface area contributed by atoms with Crippen molar-refractivity contribution in [2.24, 2.45) is 0 Å². The number of carboxylic acids is 1. The van der Waals surface area contributed by atoms with Crippen molar-refractivity contribution in [3.63, 3.8) is 0 Å². The number of benzene rings is 2. The Morgan fingerprint density at radius 3 is 1.84 bits per heavy atom. The van der Waals surface area contributed by atoms with E-state index in [0.29, 0.717) is 0 Å². The first kappa shape index (κ1) is 22.7. The van der Waals surface area contributed by atoms with E-state index in [-0.39, 0.29) is 25.2 Å². The van der Waals surface area contributed by atoms with Crippen molar-refractivity contribution in [2.75, 3.05) is 0 Å². The fourth-order valence-electron chi connectivity index (χ4n) is 3.31. The van der Waals surface area contributed by atoms with E-state index in [1.54, 1.807) is 36.7 Å². The van der Waals surface area contributed by atoms with Crippen LogP contribution in [0.1, 0.15) is 16.7 Å². The van der Waals surface area contributed by atoms with Crippen molar-refractivity contribution in [3.8, 4) is 0 Å². The highest BCUT2D eigenvalue weighted by Crippen LogP contribution is 2.07. The maximum atomic E-state index is 13.0. The molecule has 7 nitrogen and oxygen atoms in total. The molecule has 7 heteroatoms. The first-order chi connectivity index (χ1) is 15.5. The molecule has 164 valence electrons. The highest BCUT2D eigenvalue weighted by Gasteiger charge is 2.27. The third-order valence-electron chi connectivity index (χ3n) is 4.92. The number of nitrogens with zero attached hydrogens (tertiary/aromatic N) is 1. The van der Waals surface area contributed by atoms with Gasteiger partial charge in [0.05, 0.1) is 6.42 Å². The molecular weight excluding hydrogens is 406 g/mol. The van der Waals surface area contributed by atoms with Crippen molar-refractivity contribution in [1.82, 2.24) is 15.6 Å². The number of carbonyl (C=O) groups excluding carboxylic acids is 2. The first-order valence-electron chi connectivity index (χ1n) is 10.3. The van der Waals surface area contributed by atoms with Gasteiger partial charge in [0.15, 0.2) is 0 Å². The summed E-state index contributed by atoms with van der Waals surface area (Å²) >= 11 is 0. The maximum Gasteiger partial charge on any atom is 0.326 e. The van der Waals surface area contributed by atoms with Gasteiger partial charge in [0.25, 0.3) is 0 Å². The number of amides is 2. The van der Waals surface area contributed by atoms with Crippen LogP contribution in [0.2, 0.25) is 0 Å². The molecule has 3 rings (SSSR count). The van der Waals surface area contributed by atoms with E-state index in [1.165, 1.54) is 0 Å². The Kier molecular flexibility index (Phi) is 8.09. The summed E-state index contributed by atoms with van der Waals surface area (Å²) in [5, 5.41) is 15.0. The average Bonchev–Trinajstić information content (AvgIpc) is 2.80. The highest BCUT2D eigenvalue weighted by atomic mass is 16.4. The normalized spacial score (nSPS) is 12.4. The number of hydrogen-bond acceptors (Lipinski definition) is 4. The predicted octanol–water partition coefficient (Wildman–Crippen LogP) is 2.16. The van der Waals surface area contributed by atoms with Crippen LogP contribution < -0.4 is 10.6 Å². The Balaban J connectivity index is 1.72. The third-order valence-corrected chi connectivity index (χ3v) is 4.92. The van der Waals surface area contributed by atoms with Gasteiger partial charge < -0.3 is 15.7 Å². The van der Waals surface area contributed by atoms with E-state index < -0.39 is 24.0 Å². The number of pyridine rings is 1. The van der Waals surface area contributed by atoms with E-state index in [0.717, 1.165) is 16.7 Å². The Morgan fingerprint density at radius 2 is 1.31 bits per heavy atom. The molecule has 0 fully saturated rings. The maximum absolute atomic E-state index is 13.0. The molecule has 0 aliphatic heterocycles. The standard InChI is InChI=1S/C25H25N3O4/c29-23(16-20-12-7-13-26-17-20)27-21(14-18-8-3-1-4-9-18)24(30)28-22(25(31)32)15-19-10-5-2-6-11-19/h1-13,17,21-22H,14-16H2,(H,27,29)(H,28,30)(H,31,32)/t21-,22-/m0/s1. The zero-order valence-electron chi connectivity index (χ0n) is 17.5. The van der Waals surface area contributed by atoms with Gasteiger partial charge in [0, 0.05) is 25.2 Å². The third kappa shape index (κ3) is 7.05. The van der Waals surface area contributed by atoms with Crippen LogP contribution in [0.15, 0.2) is 85.2 Å². The predicted molar refractivity (Wildman–Crippen MR) is 120 cm³/mol. The molecule has 32 heavy (non-hydrogen) atoms. The quantitative estimate of drug-likeness (QED) is 0.456. The fraction of sp³-hybridized carbons (Fsp3) is 0.200. The summed E-state index contributed by atoms with van der Waals surface area (Å²) in [6.45, 7) is 0. The summed E-state index contributed by atoms with van der Waals surface area (Å²) in [6, 6.07) is 19.8. The van der Waals surface area contributed by atoms with Crippen LogP contribution in [0.25, 0.3) is 0 Å². The van der Waals surface area contributed by atoms with E-state index in [2.05, 4.69) is 15.6 Å². The summed E-state index contributed by atoms with van der Waals surface area (Å²) < 4.78 is 0. The topological polar surface area (TPSA) is 108 Å². The van der Waals surface area contributed by atoms with Crippen LogP contribution in [0.5, 0.6) is 0 Å². The van der Waals surface area contributed by atoms with Crippen LogP contribution in [0.4, 0.5) is 0 Å². The van der Waals surface area contributed by atoms with Crippen LogP contribution in [0, 0.1) is 0 Å². The minimum Gasteiger partial charge on any atom is -0.480 e. The fourth-order valence-corrected chi connectivity index (χ4v) is 3.31. The van der Waals surface area contributed by atoms with Gasteiger partial charge in [-0.25, -0.2) is 4.79 Å². The molecule has 0 saturated heterocycles. The Labute approximate surface area is 186 Å². The van der Waals surface area contributed by atoms with Crippen molar-refractivity contribution >= 4 is 17.8 Å². The van der Waals surface area contributed by atoms with Crippen LogP contribution >= 0.6 is 0 Å². The van der Waals surface area contributed by atoms with Gasteiger partial charge >= 0.3 is 5.97 Å². The number of aliphatic carboxylic acids is 1. The van der Waals surface area contributed by atoms with Crippen LogP contribution in [-0.4, -0.2) is 40.0 Å². The second kappa shape index (κ2) is 11.4. The number of aromatic nitrogens is 1. The molecule has 0 aliphatic carbocycles. The minimum absolute atomic E-state index is 0.0682. The molecule has 0 saturated carbocycles. The average molecular weight is 431 g/mol. The van der Waals surface area contributed by atoms with E-state index in [1.807, 2.05) is 48.5 Å². The smallest absolute Gasteiger partial charge is 0.326 e. The molecule has 2 amide bonds. The van der Waals surface area contributed by atoms with E-state index >= 15 is 0 Å². The Bertz CT molecular complexity index is 1030. The molecular formula is C25H25N3O4. The molecule has 2 atom stereocenters. The van der Waals surface area contributed by atoms with Gasteiger partial charge in [-0.15, -0.1) is 0 Å². The molecule has 3 aromatic rings. The molecule has 0 aliphatic rings. The van der Waals surface area contributed by atoms with Gasteiger partial charge in [0.1, 0.15) is 12.1 Å². The Morgan fingerprint density at radius 1 is 0.750 bits per heavy atom. The lowest BCUT2D eigenvalue weighted by atomic mass is 10.0. The summed E-state index contributed by atoms with van der Waals surface area (Å²) in [5.41, 5.74) is 2.36. The number of nitrogens with one attached hydrogen (secondary N) is 2. The van der Waals surface area contributed by atoms with Gasteiger partial charge in [-0.1, -0.05) is 66.7 Å². The summed E-state index contributed by atoms with van der Waals surface area (Å²) in [6.07, 6.45) is 3.66. The lowest BCUT2D eigenvalue weighted by Crippen LogP contribution is -2.53. The SMILES string of the molecule is O=C(Cc1cccnc1)N[C@@H](Cc1ccccc1)C(=O)N[C@@H](Cc1ccccc1)C(=O)O. The highest BCUT2D eigenvalue weighted by molar-refractivity contribution is 5.91. The lowest BCUT2D eigenvalue weighted by molar-refractivity contribution is -0.142. The molecule has 0 spiro atoms. The second-order valence-corrected chi connectivity index (χ2v) is 7.44. The van der Waals surface area contributed by atoms with Crippen molar-refractivity contribution < 1.29 is 19.5 Å². The van der Waals surface area contributed by atoms with E-state index in [9.17, 15) is 19.5 Å². The zero-order chi connectivity index (χ0) is 22.8. The summed E-state index contributed by atoms with van der Waals surface area (Å²) in [4.78, 5) is 41.4. The first-order valence-corrected chi connectivity index (χ1v) is 10.3. The monoisotopic (exact) mass is 431 g/mol. The van der Waals surface area contributed by atoms with Gasteiger partial charge in [0.2, 0.25) is 11.8 Å². The molecule has 0 unspecified atom stereocenters. The summed E-state index contributed by atoms with van der Waals surface area (Å²) in [5.74, 6) is -2.02. The van der Waals surface area contributed by atoms with Gasteiger partial charge in [-0.2, -0.15) is 0 Å². The number of hydrogen-bond donors (Lipinski definition) is 3. The number of carboxylic acid groups (broad SMARTS) is 1. The molecule has 2 aromatic carbocycles. The van der Waals surface area contributed by atoms with Gasteiger partial charge in [-0.3, -0.25) is 14.6 Å². The molecule has 3 N–H and O–H groups in total. The van der Waals surface area contributed by atoms with Crippen molar-refractivity contribution in [3.05, 3.63) is 102 Å². The number of carbonyl (C=O) groups is 3. The molecule has 1 aromatic heterocycles. The van der Waals surface area contributed by atoms with Gasteiger partial charge in [-0.05, 0) is 22.8 Å². The Hall–Kier alpha value is -4.00. The molecule has 0 radical (unpaired) electrons. The summed E-state index contributed by atoms with van der Waals surface area (Å²) in [7, 11) is 0. The largest absolute Gasteiger partial charge is 0.480 e. The van der Waals surface area contributed by atoms with E-state index in [4.69, 9.17) is 0 Å². The zero-order valence-corrected chi connectivity index (χ0v) is 17.5. The van der Waals surface area contributed by atoms with Crippen molar-refractivity contribution in [1.29, 1.82) is 0 Å². The lowest BCUT2D eigenvalue weighted by Gasteiger charge is -2.22. The second-order valence-electron chi connectivity index (χ2n) is 7.44. The molecule has 1 heterocycles. The van der Waals surface area contributed by atoms with Crippen LogP contribution in [-0.2, 0) is 33.6 Å². The number of rotatable bonds is 10. The van der Waals surface area contributed by atoms with Crippen LogP contribution in [0.3, 0.4) is 0 Å². The van der Waals surface area contributed by atoms with Crippen molar-refractivity contribution in [2.45, 2.75) is 31.3 Å². The minimum atomic E-state index is -1.14. The molecule has 0 bridgehead atoms.